The van der Waals surface area contributed by atoms with E-state index in [9.17, 15) is 0 Å². The van der Waals surface area contributed by atoms with Crippen molar-refractivity contribution in [2.75, 3.05) is 0 Å². The van der Waals surface area contributed by atoms with Crippen molar-refractivity contribution in [1.29, 1.82) is 0 Å². The molecule has 2 aliphatic carbocycles. The molecular weight excluding hydrogens is 258 g/mol. The van der Waals surface area contributed by atoms with Gasteiger partial charge in [0.15, 0.2) is 0 Å². The van der Waals surface area contributed by atoms with Crippen LogP contribution in [0, 0.1) is 11.8 Å². The molecule has 0 bridgehead atoms. The number of hydrogen-bond donors (Lipinski definition) is 0. The molecule has 17 heavy (non-hydrogen) atoms. The second kappa shape index (κ2) is 5.48. The molecule has 2 aliphatic rings. The Hall–Kier alpha value is -0.417. The van der Waals surface area contributed by atoms with Gasteiger partial charge in [-0.25, -0.2) is 0 Å². The third-order valence-electron chi connectivity index (χ3n) is 3.81. The van der Waals surface area contributed by atoms with Crippen molar-refractivity contribution in [2.24, 2.45) is 11.8 Å². The van der Waals surface area contributed by atoms with Gasteiger partial charge in [-0.3, -0.25) is 0 Å². The molecule has 0 aromatic rings. The van der Waals surface area contributed by atoms with Crippen LogP contribution in [0.2, 0.25) is 0 Å². The van der Waals surface area contributed by atoms with Gasteiger partial charge in [-0.2, -0.15) is 0 Å². The Labute approximate surface area is 113 Å². The summed E-state index contributed by atoms with van der Waals surface area (Å²) in [6.07, 6.45) is 12.0. The molecule has 0 saturated carbocycles. The van der Waals surface area contributed by atoms with E-state index >= 15 is 0 Å². The van der Waals surface area contributed by atoms with Crippen molar-refractivity contribution in [2.45, 2.75) is 40.5 Å². The van der Waals surface area contributed by atoms with Gasteiger partial charge >= 0.3 is 113 Å². The van der Waals surface area contributed by atoms with E-state index in [-0.39, 0.29) is 0 Å². The molecule has 0 heterocycles. The Balaban J connectivity index is 2.18. The second-order valence-electron chi connectivity index (χ2n) is 5.82. The molecule has 0 fully saturated rings. The monoisotopic (exact) mass is 278 g/mol. The van der Waals surface area contributed by atoms with Gasteiger partial charge in [0.05, 0.1) is 0 Å². The van der Waals surface area contributed by atoms with Gasteiger partial charge < -0.3 is 0 Å². The number of allylic oxidation sites excluding steroid dienone is 8. The Kier molecular flexibility index (Phi) is 4.20. The molecule has 0 spiro atoms. The summed E-state index contributed by atoms with van der Waals surface area (Å²) in [5.74, 6) is 1.43. The standard InChI is InChI=1S/2C8H11.Zn/c2*1-7(2)8-5-3-4-6-8;/h2*3,5,7H,4H2,1-2H3;. The van der Waals surface area contributed by atoms with Crippen LogP contribution in [0.1, 0.15) is 40.5 Å². The maximum atomic E-state index is 2.38. The van der Waals surface area contributed by atoms with Gasteiger partial charge in [0, 0.05) is 0 Å². The van der Waals surface area contributed by atoms with Crippen molar-refractivity contribution in [3.05, 3.63) is 43.8 Å². The van der Waals surface area contributed by atoms with E-state index in [0.29, 0.717) is 11.8 Å². The molecule has 0 nitrogen and oxygen atoms in total. The summed E-state index contributed by atoms with van der Waals surface area (Å²) in [5, 5.41) is 0. The quantitative estimate of drug-likeness (QED) is 0.648. The molecule has 0 N–H and O–H groups in total. The summed E-state index contributed by atoms with van der Waals surface area (Å²) in [7, 11) is 0. The van der Waals surface area contributed by atoms with Crippen molar-refractivity contribution in [3.63, 3.8) is 0 Å². The summed E-state index contributed by atoms with van der Waals surface area (Å²) < 4.78 is 3.67. The molecule has 0 radical (unpaired) electrons. The fourth-order valence-electron chi connectivity index (χ4n) is 2.94. The summed E-state index contributed by atoms with van der Waals surface area (Å²) in [4.78, 5) is 0. The van der Waals surface area contributed by atoms with Crippen LogP contribution in [-0.4, -0.2) is 0 Å². The van der Waals surface area contributed by atoms with E-state index in [4.69, 9.17) is 0 Å². The van der Waals surface area contributed by atoms with E-state index in [1.54, 1.807) is 11.1 Å². The van der Waals surface area contributed by atoms with E-state index in [1.165, 1.54) is 12.8 Å². The van der Waals surface area contributed by atoms with Gasteiger partial charge in [-0.1, -0.05) is 0 Å². The second-order valence-corrected chi connectivity index (χ2v) is 10.1. The average molecular weight is 280 g/mol. The predicted molar refractivity (Wildman–Crippen MR) is 71.2 cm³/mol. The third kappa shape index (κ3) is 2.88. The zero-order valence-electron chi connectivity index (χ0n) is 11.6. The molecule has 1 heteroatoms. The fourth-order valence-corrected chi connectivity index (χ4v) is 8.39. The van der Waals surface area contributed by atoms with Crippen LogP contribution in [0.3, 0.4) is 0 Å². The maximum absolute atomic E-state index is 2.38. The van der Waals surface area contributed by atoms with Crippen LogP contribution in [0.25, 0.3) is 0 Å². The number of hydrogen-bond acceptors (Lipinski definition) is 0. The summed E-state index contributed by atoms with van der Waals surface area (Å²) in [6.45, 7) is 9.32. The molecule has 0 atom stereocenters. The fraction of sp³-hybridized carbons (Fsp3) is 0.500. The first-order valence-electron chi connectivity index (χ1n) is 6.86. The SMILES string of the molecule is CC(C)C1=[C]([Zn][C]2=C(C(C)C)C=CC2)CC=C1. The summed E-state index contributed by atoms with van der Waals surface area (Å²) in [6, 6.07) is 0. The number of rotatable bonds is 4. The Morgan fingerprint density at radius 3 is 1.59 bits per heavy atom. The van der Waals surface area contributed by atoms with Crippen molar-refractivity contribution in [3.8, 4) is 0 Å². The normalized spacial score (nSPS) is 19.2. The van der Waals surface area contributed by atoms with E-state index in [0.717, 1.165) is 0 Å². The molecule has 2 rings (SSSR count). The Morgan fingerprint density at radius 1 is 0.824 bits per heavy atom. The molecule has 0 unspecified atom stereocenters. The van der Waals surface area contributed by atoms with Crippen LogP contribution >= 0.6 is 0 Å². The van der Waals surface area contributed by atoms with Crippen LogP contribution in [0.15, 0.2) is 43.8 Å². The molecule has 88 valence electrons. The van der Waals surface area contributed by atoms with Crippen LogP contribution < -0.4 is 0 Å². The van der Waals surface area contributed by atoms with Crippen LogP contribution in [0.4, 0.5) is 0 Å². The van der Waals surface area contributed by atoms with Crippen molar-refractivity contribution in [1.82, 2.24) is 0 Å². The Bertz CT molecular complexity index is 377. The van der Waals surface area contributed by atoms with Crippen LogP contribution in [0.5, 0.6) is 0 Å². The first-order valence-corrected chi connectivity index (χ1v) is 9.83. The van der Waals surface area contributed by atoms with E-state index in [1.807, 2.05) is 8.33 Å². The summed E-state index contributed by atoms with van der Waals surface area (Å²) >= 11 is -0.664. The van der Waals surface area contributed by atoms with Crippen molar-refractivity contribution < 1.29 is 17.1 Å². The third-order valence-corrected chi connectivity index (χ3v) is 8.53. The molecule has 0 aromatic heterocycles. The predicted octanol–water partition coefficient (Wildman–Crippen LogP) is 4.81. The topological polar surface area (TPSA) is 0 Å². The van der Waals surface area contributed by atoms with Gasteiger partial charge in [0.1, 0.15) is 0 Å². The molecular formula is C16H22Zn. The molecule has 0 aromatic carbocycles. The van der Waals surface area contributed by atoms with Gasteiger partial charge in [-0.15, -0.1) is 0 Å². The first kappa shape index (κ1) is 13.0. The first-order chi connectivity index (χ1) is 8.09. The minimum atomic E-state index is -0.664. The van der Waals surface area contributed by atoms with Crippen LogP contribution in [-0.2, 0) is 17.1 Å². The molecule has 0 saturated heterocycles. The van der Waals surface area contributed by atoms with E-state index < -0.39 is 17.1 Å². The minimum absolute atomic E-state index is 0.664. The zero-order valence-corrected chi connectivity index (χ0v) is 14.6. The molecule has 0 amide bonds. The zero-order chi connectivity index (χ0) is 12.4. The van der Waals surface area contributed by atoms with Gasteiger partial charge in [0.2, 0.25) is 0 Å². The van der Waals surface area contributed by atoms with E-state index in [2.05, 4.69) is 52.0 Å². The summed E-state index contributed by atoms with van der Waals surface area (Å²) in [5.41, 5.74) is 3.32. The molecule has 0 aliphatic heterocycles. The Morgan fingerprint density at radius 2 is 1.24 bits per heavy atom. The van der Waals surface area contributed by atoms with Gasteiger partial charge in [0.25, 0.3) is 0 Å². The van der Waals surface area contributed by atoms with Crippen molar-refractivity contribution >= 4 is 0 Å². The average Bonchev–Trinajstić information content (AvgIpc) is 2.86. The van der Waals surface area contributed by atoms with Gasteiger partial charge in [-0.05, 0) is 0 Å².